The molecule has 30 heavy (non-hydrogen) atoms. The van der Waals surface area contributed by atoms with Crippen LogP contribution in [0.3, 0.4) is 0 Å². The summed E-state index contributed by atoms with van der Waals surface area (Å²) in [5.74, 6) is 0.272. The third kappa shape index (κ3) is 3.86. The number of hydrogen-bond donors (Lipinski definition) is 1. The molecule has 3 aromatic heterocycles. The maximum atomic E-state index is 12.8. The Kier molecular flexibility index (Phi) is 5.64. The highest BCUT2D eigenvalue weighted by atomic mass is 35.5. The van der Waals surface area contributed by atoms with E-state index in [-0.39, 0.29) is 17.6 Å². The van der Waals surface area contributed by atoms with Gasteiger partial charge in [0, 0.05) is 32.0 Å². The van der Waals surface area contributed by atoms with Gasteiger partial charge in [0.05, 0.1) is 21.8 Å². The Morgan fingerprint density at radius 2 is 1.97 bits per heavy atom. The van der Waals surface area contributed by atoms with Gasteiger partial charge in [0.15, 0.2) is 5.65 Å². The Bertz CT molecular complexity index is 1160. The van der Waals surface area contributed by atoms with Gasteiger partial charge in [0.25, 0.3) is 5.91 Å². The number of carbonyl (C=O) groups is 1. The second-order valence-corrected chi connectivity index (χ2v) is 8.67. The number of aryl methyl sites for hydroxylation is 3. The Hall–Kier alpha value is -2.67. The lowest BCUT2D eigenvalue weighted by molar-refractivity contribution is 0.0919. The lowest BCUT2D eigenvalue weighted by atomic mass is 9.85. The van der Waals surface area contributed by atoms with Gasteiger partial charge in [-0.1, -0.05) is 11.6 Å². The Balaban J connectivity index is 1.42. The minimum Gasteiger partial charge on any atom is -0.349 e. The van der Waals surface area contributed by atoms with E-state index in [1.807, 2.05) is 17.6 Å². The third-order valence-electron chi connectivity index (χ3n) is 6.13. The molecule has 0 aromatic carbocycles. The molecule has 158 valence electrons. The summed E-state index contributed by atoms with van der Waals surface area (Å²) in [4.78, 5) is 33.9. The number of halogens is 1. The summed E-state index contributed by atoms with van der Waals surface area (Å²) >= 11 is 5.99. The smallest absolute Gasteiger partial charge is 0.330 e. The van der Waals surface area contributed by atoms with Crippen molar-refractivity contribution in [1.29, 1.82) is 0 Å². The van der Waals surface area contributed by atoms with Crippen molar-refractivity contribution in [2.45, 2.75) is 52.1 Å². The van der Waals surface area contributed by atoms with Crippen LogP contribution in [0.25, 0.3) is 11.2 Å². The number of carbonyl (C=O) groups excluding carboxylic acids is 1. The Morgan fingerprint density at radius 3 is 2.70 bits per heavy atom. The Labute approximate surface area is 180 Å². The number of rotatable bonds is 4. The standard InChI is InChI=1S/C22H26ClN5O2/c1-13-8-9-24-20-19(13)28(22(30)27(20)3)12-15-4-6-17(7-5-15)26-21(29)18-10-16(23)11-25-14(18)2/h8-11,15,17H,4-7,12H2,1-3H3,(H,26,29). The topological polar surface area (TPSA) is 81.8 Å². The van der Waals surface area contributed by atoms with Crippen molar-refractivity contribution in [3.63, 3.8) is 0 Å². The molecule has 1 N–H and O–H groups in total. The van der Waals surface area contributed by atoms with Gasteiger partial charge in [0.2, 0.25) is 0 Å². The van der Waals surface area contributed by atoms with Crippen molar-refractivity contribution < 1.29 is 4.79 Å². The van der Waals surface area contributed by atoms with E-state index in [4.69, 9.17) is 11.6 Å². The van der Waals surface area contributed by atoms with Gasteiger partial charge in [-0.2, -0.15) is 0 Å². The van der Waals surface area contributed by atoms with E-state index in [0.717, 1.165) is 42.4 Å². The first-order chi connectivity index (χ1) is 14.3. The first kappa shape index (κ1) is 20.6. The molecule has 8 heteroatoms. The molecule has 0 atom stereocenters. The summed E-state index contributed by atoms with van der Waals surface area (Å²) < 4.78 is 3.48. The van der Waals surface area contributed by atoms with E-state index < -0.39 is 0 Å². The molecule has 1 aliphatic rings. The van der Waals surface area contributed by atoms with Crippen LogP contribution < -0.4 is 11.0 Å². The molecule has 1 fully saturated rings. The van der Waals surface area contributed by atoms with Crippen LogP contribution in [-0.2, 0) is 13.6 Å². The lowest BCUT2D eigenvalue weighted by Gasteiger charge is -2.29. The van der Waals surface area contributed by atoms with Gasteiger partial charge >= 0.3 is 5.69 Å². The summed E-state index contributed by atoms with van der Waals surface area (Å²) in [6, 6.07) is 3.73. The van der Waals surface area contributed by atoms with Gasteiger partial charge in [-0.05, 0) is 63.1 Å². The molecule has 1 saturated carbocycles. The molecule has 0 saturated heterocycles. The minimum atomic E-state index is -0.127. The Morgan fingerprint density at radius 1 is 1.23 bits per heavy atom. The highest BCUT2D eigenvalue weighted by molar-refractivity contribution is 6.30. The van der Waals surface area contributed by atoms with E-state index in [2.05, 4.69) is 15.3 Å². The molecule has 0 unspecified atom stereocenters. The molecular formula is C22H26ClN5O2. The number of pyridine rings is 2. The van der Waals surface area contributed by atoms with Crippen molar-refractivity contribution in [3.05, 3.63) is 56.9 Å². The summed E-state index contributed by atoms with van der Waals surface area (Å²) in [6.07, 6.45) is 6.98. The average molecular weight is 428 g/mol. The van der Waals surface area contributed by atoms with Gasteiger partial charge in [-0.25, -0.2) is 9.78 Å². The summed E-state index contributed by atoms with van der Waals surface area (Å²) in [5.41, 5.74) is 3.88. The molecule has 3 heterocycles. The van der Waals surface area contributed by atoms with Gasteiger partial charge in [-0.3, -0.25) is 18.9 Å². The molecule has 3 aromatic rings. The van der Waals surface area contributed by atoms with Crippen molar-refractivity contribution in [3.8, 4) is 0 Å². The third-order valence-corrected chi connectivity index (χ3v) is 6.34. The molecular weight excluding hydrogens is 402 g/mol. The maximum Gasteiger partial charge on any atom is 0.330 e. The predicted octanol–water partition coefficient (Wildman–Crippen LogP) is 3.39. The zero-order valence-electron chi connectivity index (χ0n) is 17.5. The van der Waals surface area contributed by atoms with Crippen LogP contribution in [0.15, 0.2) is 29.3 Å². The molecule has 1 amide bonds. The van der Waals surface area contributed by atoms with E-state index in [0.29, 0.717) is 28.7 Å². The number of aromatic nitrogens is 4. The van der Waals surface area contributed by atoms with Crippen LogP contribution in [0, 0.1) is 19.8 Å². The SMILES string of the molecule is Cc1ncc(Cl)cc1C(=O)NC1CCC(Cn2c(=O)n(C)c3nccc(C)c32)CC1. The second-order valence-electron chi connectivity index (χ2n) is 8.23. The normalized spacial score (nSPS) is 19.2. The summed E-state index contributed by atoms with van der Waals surface area (Å²) in [5, 5.41) is 3.58. The fraction of sp³-hybridized carbons (Fsp3) is 0.455. The fourth-order valence-corrected chi connectivity index (χ4v) is 4.56. The highest BCUT2D eigenvalue weighted by Gasteiger charge is 2.25. The lowest BCUT2D eigenvalue weighted by Crippen LogP contribution is -2.39. The average Bonchev–Trinajstić information content (AvgIpc) is 2.97. The zero-order chi connectivity index (χ0) is 21.4. The fourth-order valence-electron chi connectivity index (χ4n) is 4.40. The van der Waals surface area contributed by atoms with Crippen molar-refractivity contribution in [2.75, 3.05) is 0 Å². The van der Waals surface area contributed by atoms with Crippen LogP contribution in [0.1, 0.15) is 47.3 Å². The second kappa shape index (κ2) is 8.22. The number of hydrogen-bond acceptors (Lipinski definition) is 4. The molecule has 7 nitrogen and oxygen atoms in total. The number of amides is 1. The summed E-state index contributed by atoms with van der Waals surface area (Å²) in [6.45, 7) is 4.50. The van der Waals surface area contributed by atoms with Gasteiger partial charge in [0.1, 0.15) is 0 Å². The van der Waals surface area contributed by atoms with E-state index in [9.17, 15) is 9.59 Å². The van der Waals surface area contributed by atoms with Crippen molar-refractivity contribution in [2.24, 2.45) is 13.0 Å². The highest BCUT2D eigenvalue weighted by Crippen LogP contribution is 2.27. The van der Waals surface area contributed by atoms with Crippen molar-refractivity contribution in [1.82, 2.24) is 24.4 Å². The minimum absolute atomic E-state index is 0.0221. The molecule has 0 aliphatic heterocycles. The van der Waals surface area contributed by atoms with E-state index >= 15 is 0 Å². The zero-order valence-corrected chi connectivity index (χ0v) is 18.2. The van der Waals surface area contributed by atoms with Crippen molar-refractivity contribution >= 4 is 28.7 Å². The number of nitrogens with one attached hydrogen (secondary N) is 1. The van der Waals surface area contributed by atoms with Crippen LogP contribution in [0.4, 0.5) is 0 Å². The molecule has 4 rings (SSSR count). The van der Waals surface area contributed by atoms with E-state index in [1.54, 1.807) is 37.0 Å². The van der Waals surface area contributed by atoms with Gasteiger partial charge in [-0.15, -0.1) is 0 Å². The predicted molar refractivity (Wildman–Crippen MR) is 117 cm³/mol. The molecule has 1 aliphatic carbocycles. The largest absolute Gasteiger partial charge is 0.349 e. The number of fused-ring (bicyclic) bond motifs is 1. The molecule has 0 bridgehead atoms. The quantitative estimate of drug-likeness (QED) is 0.691. The number of imidazole rings is 1. The maximum absolute atomic E-state index is 12.8. The molecule has 0 spiro atoms. The molecule has 0 radical (unpaired) electrons. The van der Waals surface area contributed by atoms with Gasteiger partial charge < -0.3 is 5.32 Å². The number of nitrogens with zero attached hydrogens (tertiary/aromatic N) is 4. The van der Waals surface area contributed by atoms with E-state index in [1.165, 1.54) is 0 Å². The van der Waals surface area contributed by atoms with Crippen LogP contribution in [-0.4, -0.2) is 31.1 Å². The summed E-state index contributed by atoms with van der Waals surface area (Å²) in [7, 11) is 1.77. The first-order valence-corrected chi connectivity index (χ1v) is 10.7. The monoisotopic (exact) mass is 427 g/mol. The van der Waals surface area contributed by atoms with Crippen LogP contribution in [0.2, 0.25) is 5.02 Å². The first-order valence-electron chi connectivity index (χ1n) is 10.3. The van der Waals surface area contributed by atoms with Crippen LogP contribution >= 0.6 is 11.6 Å². The van der Waals surface area contributed by atoms with Crippen LogP contribution in [0.5, 0.6) is 0 Å².